The van der Waals surface area contributed by atoms with Gasteiger partial charge in [0, 0.05) is 18.8 Å². The molecule has 2 aromatic carbocycles. The summed E-state index contributed by atoms with van der Waals surface area (Å²) in [5.74, 6) is 0.484. The fraction of sp³-hybridized carbons (Fsp3) is 0.250. The van der Waals surface area contributed by atoms with Gasteiger partial charge in [-0.3, -0.25) is 0 Å². The molecule has 112 valence electrons. The van der Waals surface area contributed by atoms with Crippen LogP contribution in [0, 0.1) is 0 Å². The van der Waals surface area contributed by atoms with E-state index in [1.807, 2.05) is 49.4 Å². The van der Waals surface area contributed by atoms with Crippen LogP contribution in [-0.4, -0.2) is 31.6 Å². The first-order chi connectivity index (χ1) is 9.96. The first kappa shape index (κ1) is 16.1. The molecule has 0 aliphatic heterocycles. The molecule has 2 rings (SSSR count). The number of hydrogen-bond acceptors (Lipinski definition) is 3. The molecule has 0 aromatic heterocycles. The Kier molecular flexibility index (Phi) is 5.08. The number of sulfonamides is 1. The lowest BCUT2D eigenvalue weighted by Crippen LogP contribution is -2.36. The van der Waals surface area contributed by atoms with Crippen molar-refractivity contribution in [3.63, 3.8) is 0 Å². The highest BCUT2D eigenvalue weighted by Crippen LogP contribution is 2.23. The van der Waals surface area contributed by atoms with Gasteiger partial charge in [0.2, 0.25) is 10.0 Å². The average molecular weight is 321 g/mol. The summed E-state index contributed by atoms with van der Waals surface area (Å²) < 4.78 is 26.3. The molecular formula is C16H19NO2S2. The molecule has 0 bridgehead atoms. The molecule has 0 fully saturated rings. The molecule has 0 spiro atoms. The van der Waals surface area contributed by atoms with Crippen molar-refractivity contribution in [1.82, 2.24) is 4.31 Å². The smallest absolute Gasteiger partial charge is 0.207 e. The van der Waals surface area contributed by atoms with Crippen LogP contribution in [0.1, 0.15) is 6.92 Å². The van der Waals surface area contributed by atoms with E-state index < -0.39 is 10.0 Å². The molecule has 1 atom stereocenters. The summed E-state index contributed by atoms with van der Waals surface area (Å²) in [6, 6.07) is 16.7. The van der Waals surface area contributed by atoms with E-state index in [4.69, 9.17) is 0 Å². The minimum Gasteiger partial charge on any atom is -0.207 e. The Balaban J connectivity index is 2.31. The molecule has 0 aliphatic carbocycles. The zero-order chi connectivity index (χ0) is 15.5. The van der Waals surface area contributed by atoms with Crippen LogP contribution in [0.2, 0.25) is 0 Å². The quantitative estimate of drug-likeness (QED) is 0.858. The van der Waals surface area contributed by atoms with Gasteiger partial charge >= 0.3 is 0 Å². The molecule has 3 nitrogen and oxygen atoms in total. The third-order valence-electron chi connectivity index (χ3n) is 3.52. The lowest BCUT2D eigenvalue weighted by atomic mass is 10.1. The standard InChI is InChI=1S/C16H19NO2S2/c1-13(12-20)17(2)21(18,19)16-10-8-15(9-11-16)14-6-4-3-5-7-14/h3-11,13,20H,12H2,1-2H3/t13-/m1/s1. The van der Waals surface area contributed by atoms with E-state index in [-0.39, 0.29) is 6.04 Å². The fourth-order valence-corrected chi connectivity index (χ4v) is 3.68. The lowest BCUT2D eigenvalue weighted by molar-refractivity contribution is 0.415. The van der Waals surface area contributed by atoms with E-state index in [9.17, 15) is 8.42 Å². The number of rotatable bonds is 5. The maximum Gasteiger partial charge on any atom is 0.243 e. The molecule has 2 aromatic rings. The molecule has 0 unspecified atom stereocenters. The number of nitrogens with zero attached hydrogens (tertiary/aromatic N) is 1. The van der Waals surface area contributed by atoms with Crippen molar-refractivity contribution in [3.8, 4) is 11.1 Å². The monoisotopic (exact) mass is 321 g/mol. The summed E-state index contributed by atoms with van der Waals surface area (Å²) in [5.41, 5.74) is 2.07. The third-order valence-corrected chi connectivity index (χ3v) is 6.04. The van der Waals surface area contributed by atoms with Gasteiger partial charge in [0.25, 0.3) is 0 Å². The maximum absolute atomic E-state index is 12.5. The normalized spacial score (nSPS) is 13.3. The molecular weight excluding hydrogens is 302 g/mol. The van der Waals surface area contributed by atoms with Crippen molar-refractivity contribution >= 4 is 22.7 Å². The average Bonchev–Trinajstić information content (AvgIpc) is 2.54. The summed E-state index contributed by atoms with van der Waals surface area (Å²) >= 11 is 4.16. The Morgan fingerprint density at radius 2 is 1.52 bits per heavy atom. The summed E-state index contributed by atoms with van der Waals surface area (Å²) in [4.78, 5) is 0.304. The van der Waals surface area contributed by atoms with Gasteiger partial charge in [0.05, 0.1) is 4.90 Å². The van der Waals surface area contributed by atoms with Crippen LogP contribution in [0.3, 0.4) is 0 Å². The maximum atomic E-state index is 12.5. The van der Waals surface area contributed by atoms with E-state index in [0.29, 0.717) is 10.6 Å². The summed E-state index contributed by atoms with van der Waals surface area (Å²) in [5, 5.41) is 0. The van der Waals surface area contributed by atoms with Crippen molar-refractivity contribution < 1.29 is 8.42 Å². The van der Waals surface area contributed by atoms with Crippen LogP contribution in [-0.2, 0) is 10.0 Å². The highest BCUT2D eigenvalue weighted by atomic mass is 32.2. The van der Waals surface area contributed by atoms with Crippen molar-refractivity contribution in [2.24, 2.45) is 0 Å². The van der Waals surface area contributed by atoms with Crippen molar-refractivity contribution in [1.29, 1.82) is 0 Å². The molecule has 0 N–H and O–H groups in total. The van der Waals surface area contributed by atoms with Crippen molar-refractivity contribution in [2.75, 3.05) is 12.8 Å². The van der Waals surface area contributed by atoms with Gasteiger partial charge in [0.15, 0.2) is 0 Å². The van der Waals surface area contributed by atoms with Gasteiger partial charge in [-0.2, -0.15) is 16.9 Å². The van der Waals surface area contributed by atoms with Crippen LogP contribution in [0.15, 0.2) is 59.5 Å². The Morgan fingerprint density at radius 3 is 2.05 bits per heavy atom. The first-order valence-electron chi connectivity index (χ1n) is 6.71. The molecule has 5 heteroatoms. The van der Waals surface area contributed by atoms with Crippen LogP contribution >= 0.6 is 12.6 Å². The molecule has 21 heavy (non-hydrogen) atoms. The van der Waals surface area contributed by atoms with Gasteiger partial charge < -0.3 is 0 Å². The highest BCUT2D eigenvalue weighted by molar-refractivity contribution is 7.89. The zero-order valence-corrected chi connectivity index (χ0v) is 13.8. The van der Waals surface area contributed by atoms with E-state index in [2.05, 4.69) is 12.6 Å². The van der Waals surface area contributed by atoms with Gasteiger partial charge in [-0.25, -0.2) is 8.42 Å². The second kappa shape index (κ2) is 6.64. The van der Waals surface area contributed by atoms with Crippen LogP contribution in [0.25, 0.3) is 11.1 Å². The molecule has 0 heterocycles. The topological polar surface area (TPSA) is 37.4 Å². The minimum atomic E-state index is -3.46. The number of thiol groups is 1. The molecule has 0 saturated heterocycles. The van der Waals surface area contributed by atoms with Crippen LogP contribution in [0.5, 0.6) is 0 Å². The Bertz CT molecular complexity index is 682. The second-order valence-electron chi connectivity index (χ2n) is 4.94. The zero-order valence-electron chi connectivity index (χ0n) is 12.1. The van der Waals surface area contributed by atoms with Gasteiger partial charge in [-0.05, 0) is 30.2 Å². The SMILES string of the molecule is C[C@H](CS)N(C)S(=O)(=O)c1ccc(-c2ccccc2)cc1. The lowest BCUT2D eigenvalue weighted by Gasteiger charge is -2.22. The van der Waals surface area contributed by atoms with E-state index in [0.717, 1.165) is 11.1 Å². The van der Waals surface area contributed by atoms with Gasteiger partial charge in [-0.15, -0.1) is 0 Å². The minimum absolute atomic E-state index is 0.146. The van der Waals surface area contributed by atoms with Crippen LogP contribution < -0.4 is 0 Å². The van der Waals surface area contributed by atoms with Gasteiger partial charge in [-0.1, -0.05) is 42.5 Å². The predicted molar refractivity (Wildman–Crippen MR) is 90.1 cm³/mol. The number of hydrogen-bond donors (Lipinski definition) is 1. The van der Waals surface area contributed by atoms with E-state index in [1.54, 1.807) is 19.2 Å². The van der Waals surface area contributed by atoms with Crippen molar-refractivity contribution in [3.05, 3.63) is 54.6 Å². The highest BCUT2D eigenvalue weighted by Gasteiger charge is 2.24. The summed E-state index contributed by atoms with van der Waals surface area (Å²) in [6.07, 6.45) is 0. The van der Waals surface area contributed by atoms with Gasteiger partial charge in [0.1, 0.15) is 0 Å². The first-order valence-corrected chi connectivity index (χ1v) is 8.78. The van der Waals surface area contributed by atoms with Crippen LogP contribution in [0.4, 0.5) is 0 Å². The fourth-order valence-electron chi connectivity index (χ4n) is 1.97. The predicted octanol–water partition coefficient (Wildman–Crippen LogP) is 3.29. The Labute approximate surface area is 132 Å². The molecule has 0 amide bonds. The largest absolute Gasteiger partial charge is 0.243 e. The molecule has 0 aliphatic rings. The Morgan fingerprint density at radius 1 is 1.00 bits per heavy atom. The molecule has 0 radical (unpaired) electrons. The number of benzene rings is 2. The molecule has 0 saturated carbocycles. The third kappa shape index (κ3) is 3.48. The summed E-state index contributed by atoms with van der Waals surface area (Å²) in [7, 11) is -1.88. The van der Waals surface area contributed by atoms with E-state index in [1.165, 1.54) is 4.31 Å². The second-order valence-corrected chi connectivity index (χ2v) is 7.31. The summed E-state index contributed by atoms with van der Waals surface area (Å²) in [6.45, 7) is 1.84. The van der Waals surface area contributed by atoms with Crippen molar-refractivity contribution in [2.45, 2.75) is 17.9 Å². The Hall–Kier alpha value is -1.30. The van der Waals surface area contributed by atoms with E-state index >= 15 is 0 Å².